The van der Waals surface area contributed by atoms with E-state index in [0.717, 1.165) is 19.4 Å². The number of ether oxygens (including phenoxy) is 3. The largest absolute Gasteiger partial charge is 0.497 e. The Balaban J connectivity index is 0.00000225. The second-order valence-corrected chi connectivity index (χ2v) is 7.19. The fourth-order valence-electron chi connectivity index (χ4n) is 4.15. The number of nitrogens with two attached hydrogens (primary N) is 1. The van der Waals surface area contributed by atoms with Gasteiger partial charge in [-0.1, -0.05) is 13.8 Å². The zero-order chi connectivity index (χ0) is 17.5. The first-order valence-electron chi connectivity index (χ1n) is 8.29. The Labute approximate surface area is 154 Å². The number of halogens is 1. The van der Waals surface area contributed by atoms with Crippen LogP contribution in [0.2, 0.25) is 0 Å². The third kappa shape index (κ3) is 2.96. The van der Waals surface area contributed by atoms with Crippen LogP contribution in [0.15, 0.2) is 18.2 Å². The van der Waals surface area contributed by atoms with Gasteiger partial charge in [-0.25, -0.2) is 0 Å². The normalized spacial score (nSPS) is 29.5. The highest BCUT2D eigenvalue weighted by Crippen LogP contribution is 2.57. The summed E-state index contributed by atoms with van der Waals surface area (Å²) >= 11 is 0. The Morgan fingerprint density at radius 1 is 1.24 bits per heavy atom. The fourth-order valence-corrected chi connectivity index (χ4v) is 4.15. The molecule has 140 valence electrons. The summed E-state index contributed by atoms with van der Waals surface area (Å²) in [4.78, 5) is 13.0. The molecule has 0 radical (unpaired) electrons. The lowest BCUT2D eigenvalue weighted by Gasteiger charge is -2.65. The van der Waals surface area contributed by atoms with Crippen molar-refractivity contribution in [2.45, 2.75) is 38.3 Å². The number of anilines is 1. The SMILES string of the molecule is COc1cc(NC(=O)C2(N)C3CCCOC3C2(C)C)cc(OC)c1.Cl. The zero-order valence-electron chi connectivity index (χ0n) is 15.1. The molecular formula is C18H27ClN2O4. The van der Waals surface area contributed by atoms with Gasteiger partial charge >= 0.3 is 0 Å². The van der Waals surface area contributed by atoms with Crippen LogP contribution < -0.4 is 20.5 Å². The molecule has 3 atom stereocenters. The molecule has 0 bridgehead atoms. The number of carbonyl (C=O) groups excluding carboxylic acids is 1. The first-order chi connectivity index (χ1) is 11.3. The highest BCUT2D eigenvalue weighted by Gasteiger charge is 2.70. The average molecular weight is 371 g/mol. The highest BCUT2D eigenvalue weighted by atomic mass is 35.5. The molecule has 1 heterocycles. The third-order valence-corrected chi connectivity index (χ3v) is 5.67. The van der Waals surface area contributed by atoms with E-state index < -0.39 is 11.0 Å². The molecule has 1 aliphatic heterocycles. The van der Waals surface area contributed by atoms with Crippen molar-refractivity contribution in [2.75, 3.05) is 26.1 Å². The minimum atomic E-state index is -0.950. The first-order valence-corrected chi connectivity index (χ1v) is 8.29. The average Bonchev–Trinajstić information content (AvgIpc) is 2.60. The van der Waals surface area contributed by atoms with Gasteiger partial charge in [0.05, 0.1) is 20.3 Å². The van der Waals surface area contributed by atoms with Crippen LogP contribution in [0.4, 0.5) is 5.69 Å². The van der Waals surface area contributed by atoms with Gasteiger partial charge in [-0.2, -0.15) is 0 Å². The quantitative estimate of drug-likeness (QED) is 0.851. The van der Waals surface area contributed by atoms with Gasteiger partial charge < -0.3 is 25.3 Å². The van der Waals surface area contributed by atoms with Crippen LogP contribution in [0.1, 0.15) is 26.7 Å². The van der Waals surface area contributed by atoms with Gasteiger partial charge in [-0.15, -0.1) is 12.4 Å². The van der Waals surface area contributed by atoms with Gasteiger partial charge in [0.15, 0.2) is 0 Å². The topological polar surface area (TPSA) is 82.8 Å². The summed E-state index contributed by atoms with van der Waals surface area (Å²) in [5, 5.41) is 2.94. The molecule has 1 saturated heterocycles. The van der Waals surface area contributed by atoms with Crippen LogP contribution in [0.25, 0.3) is 0 Å². The minimum Gasteiger partial charge on any atom is -0.497 e. The van der Waals surface area contributed by atoms with Gasteiger partial charge in [-0.3, -0.25) is 4.79 Å². The number of hydrogen-bond donors (Lipinski definition) is 2. The molecule has 1 aliphatic carbocycles. The summed E-state index contributed by atoms with van der Waals surface area (Å²) in [6.45, 7) is 4.76. The van der Waals surface area contributed by atoms with E-state index in [9.17, 15) is 4.79 Å². The number of benzene rings is 1. The summed E-state index contributed by atoms with van der Waals surface area (Å²) in [5.41, 5.74) is 5.86. The Morgan fingerprint density at radius 2 is 1.84 bits per heavy atom. The van der Waals surface area contributed by atoms with E-state index in [-0.39, 0.29) is 30.3 Å². The van der Waals surface area contributed by atoms with Crippen molar-refractivity contribution in [2.24, 2.45) is 17.1 Å². The summed E-state index contributed by atoms with van der Waals surface area (Å²) in [5.74, 6) is 1.09. The molecular weight excluding hydrogens is 344 g/mol. The number of fused-ring (bicyclic) bond motifs is 1. The third-order valence-electron chi connectivity index (χ3n) is 5.67. The van der Waals surface area contributed by atoms with E-state index in [1.54, 1.807) is 32.4 Å². The van der Waals surface area contributed by atoms with Crippen LogP contribution in [-0.2, 0) is 9.53 Å². The van der Waals surface area contributed by atoms with Crippen molar-refractivity contribution in [3.05, 3.63) is 18.2 Å². The van der Waals surface area contributed by atoms with Crippen molar-refractivity contribution < 1.29 is 19.0 Å². The lowest BCUT2D eigenvalue weighted by atomic mass is 9.46. The summed E-state index contributed by atoms with van der Waals surface area (Å²) < 4.78 is 16.4. The zero-order valence-corrected chi connectivity index (χ0v) is 15.9. The van der Waals surface area contributed by atoms with E-state index in [2.05, 4.69) is 5.32 Å². The predicted molar refractivity (Wildman–Crippen MR) is 98.6 cm³/mol. The van der Waals surface area contributed by atoms with Crippen molar-refractivity contribution in [3.8, 4) is 11.5 Å². The maximum atomic E-state index is 13.0. The molecule has 7 heteroatoms. The van der Waals surface area contributed by atoms with Crippen LogP contribution in [-0.4, -0.2) is 38.4 Å². The van der Waals surface area contributed by atoms with Crippen molar-refractivity contribution >= 4 is 24.0 Å². The minimum absolute atomic E-state index is 0. The number of rotatable bonds is 4. The van der Waals surface area contributed by atoms with Crippen molar-refractivity contribution in [1.82, 2.24) is 0 Å². The molecule has 25 heavy (non-hydrogen) atoms. The molecule has 1 aromatic carbocycles. The smallest absolute Gasteiger partial charge is 0.245 e. The van der Waals surface area contributed by atoms with Crippen LogP contribution >= 0.6 is 12.4 Å². The second-order valence-electron chi connectivity index (χ2n) is 7.19. The van der Waals surface area contributed by atoms with Crippen molar-refractivity contribution in [1.29, 1.82) is 0 Å². The van der Waals surface area contributed by atoms with Gasteiger partial charge in [0.25, 0.3) is 0 Å². The number of nitrogens with one attached hydrogen (secondary N) is 1. The monoisotopic (exact) mass is 370 g/mol. The number of hydrogen-bond acceptors (Lipinski definition) is 5. The molecule has 1 amide bonds. The van der Waals surface area contributed by atoms with Gasteiger partial charge in [0.2, 0.25) is 5.91 Å². The number of amides is 1. The highest BCUT2D eigenvalue weighted by molar-refractivity contribution is 6.00. The maximum Gasteiger partial charge on any atom is 0.245 e. The van der Waals surface area contributed by atoms with E-state index in [4.69, 9.17) is 19.9 Å². The lowest BCUT2D eigenvalue weighted by molar-refractivity contribution is -0.222. The molecule has 0 spiro atoms. The Morgan fingerprint density at radius 3 is 2.40 bits per heavy atom. The van der Waals surface area contributed by atoms with E-state index in [1.807, 2.05) is 13.8 Å². The molecule has 3 rings (SSSR count). The fraction of sp³-hybridized carbons (Fsp3) is 0.611. The number of methoxy groups -OCH3 is 2. The van der Waals surface area contributed by atoms with E-state index in [1.165, 1.54) is 0 Å². The van der Waals surface area contributed by atoms with Crippen molar-refractivity contribution in [3.63, 3.8) is 0 Å². The molecule has 6 nitrogen and oxygen atoms in total. The van der Waals surface area contributed by atoms with Crippen LogP contribution in [0, 0.1) is 11.3 Å². The molecule has 2 aliphatic rings. The standard InChI is InChI=1S/C18H26N2O4.ClH/c1-17(2)15-14(6-5-7-24-15)18(17,19)16(21)20-11-8-12(22-3)10-13(9-11)23-4;/h8-10,14-15H,5-7,19H2,1-4H3,(H,20,21);1H. The van der Waals surface area contributed by atoms with Gasteiger partial charge in [-0.05, 0) is 12.8 Å². The molecule has 3 unspecified atom stereocenters. The lowest BCUT2D eigenvalue weighted by Crippen LogP contribution is -2.81. The van der Waals surface area contributed by atoms with E-state index in [0.29, 0.717) is 17.2 Å². The maximum absolute atomic E-state index is 13.0. The van der Waals surface area contributed by atoms with Gasteiger partial charge in [0.1, 0.15) is 17.0 Å². The van der Waals surface area contributed by atoms with Crippen LogP contribution in [0.3, 0.4) is 0 Å². The number of carbonyl (C=O) groups is 1. The second kappa shape index (κ2) is 7.02. The Bertz CT molecular complexity index is 630. The molecule has 0 aromatic heterocycles. The summed E-state index contributed by atoms with van der Waals surface area (Å²) in [7, 11) is 3.15. The summed E-state index contributed by atoms with van der Waals surface area (Å²) in [6.07, 6.45) is 1.90. The molecule has 1 saturated carbocycles. The van der Waals surface area contributed by atoms with Gasteiger partial charge in [0, 0.05) is 41.8 Å². The predicted octanol–water partition coefficient (Wildman–Crippen LogP) is 2.60. The van der Waals surface area contributed by atoms with E-state index >= 15 is 0 Å². The molecule has 1 aromatic rings. The first kappa shape index (κ1) is 19.8. The Hall–Kier alpha value is -1.50. The summed E-state index contributed by atoms with van der Waals surface area (Å²) in [6, 6.07) is 5.26. The van der Waals surface area contributed by atoms with Crippen LogP contribution in [0.5, 0.6) is 11.5 Å². The Kier molecular flexibility index (Phi) is 5.56. The molecule has 3 N–H and O–H groups in total. The molecule has 2 fully saturated rings.